The van der Waals surface area contributed by atoms with Crippen LogP contribution in [-0.4, -0.2) is 86.8 Å². The Balaban J connectivity index is 0.00000562. The zero-order valence-electron chi connectivity index (χ0n) is 42.9. The van der Waals surface area contributed by atoms with Crippen molar-refractivity contribution in [2.75, 3.05) is 29.5 Å². The van der Waals surface area contributed by atoms with Crippen LogP contribution in [-0.2, 0) is 70.0 Å². The fraction of sp³-hybridized carbons (Fsp3) is 0.341. The van der Waals surface area contributed by atoms with Gasteiger partial charge in [0.2, 0.25) is 5.69 Å². The molecule has 0 aliphatic carbocycles. The summed E-state index contributed by atoms with van der Waals surface area (Å²) < 4.78 is 154. The molecule has 0 saturated heterocycles. The third-order valence-electron chi connectivity index (χ3n) is 11.9. The summed E-state index contributed by atoms with van der Waals surface area (Å²) in [6.07, 6.45) is 11.4. The standard InChI is InChI=1S/C44H50N2O18S6.5K/c1-28(12-10-14-37-43(2,3)41-33(45(37)20-6-8-22-67(49,50)51)19-17-30-25-32(69(55,56)57)27-35(39(30)41)66-64-62-48)13-11-15-38-44(4,5)42-34(46(38)21-7-9-23-68(52,53)54)18-16-29-24-31(65-63-61-47)26-36(40(29)42)70(58,59)60;;;;;/h10-19,24-27H,6-9,20-23H2,1-5H3,(H5-,47,48,49,50,51,52,53,54,55,56,57,58,59,60);;;;;/q;5*+1/p-5. The Morgan fingerprint density at radius 2 is 1.27 bits per heavy atom. The van der Waals surface area contributed by atoms with E-state index in [1.807, 2.05) is 50.2 Å². The minimum absolute atomic E-state index is 0. The number of anilines is 1. The number of hydrogen-bond acceptors (Lipinski definition) is 21. The molecule has 31 heteroatoms. The van der Waals surface area contributed by atoms with Crippen molar-refractivity contribution >= 4 is 103 Å². The van der Waals surface area contributed by atoms with Gasteiger partial charge in [-0.05, 0) is 98.8 Å². The van der Waals surface area contributed by atoms with Gasteiger partial charge < -0.3 is 33.6 Å². The van der Waals surface area contributed by atoms with Crippen LogP contribution in [0.15, 0.2) is 116 Å². The van der Waals surface area contributed by atoms with Crippen molar-refractivity contribution in [3.8, 4) is 0 Å². The maximum atomic E-state index is 12.8. The molecular formula is C44H45K5N2O18S6. The molecule has 0 fully saturated rings. The van der Waals surface area contributed by atoms with Crippen LogP contribution in [0, 0.1) is 0 Å². The molecule has 0 unspecified atom stereocenters. The molecule has 0 spiro atoms. The first-order valence-corrected chi connectivity index (χ1v) is 28.5. The van der Waals surface area contributed by atoms with Crippen LogP contribution >= 0.6 is 24.1 Å². The topological polar surface area (TPSA) is 318 Å². The van der Waals surface area contributed by atoms with Crippen LogP contribution in [0.1, 0.15) is 71.4 Å². The average molecular weight is 1280 g/mol. The largest absolute Gasteiger partial charge is 1.00 e. The molecule has 75 heavy (non-hydrogen) atoms. The van der Waals surface area contributed by atoms with E-state index in [0.717, 1.165) is 17.7 Å². The number of nitrogens with zero attached hydrogens (tertiary/aromatic N) is 2. The summed E-state index contributed by atoms with van der Waals surface area (Å²) in [7, 11) is -19.0. The van der Waals surface area contributed by atoms with Crippen LogP contribution in [0.5, 0.6) is 0 Å². The van der Waals surface area contributed by atoms with E-state index in [0.29, 0.717) is 74.2 Å². The Morgan fingerprint density at radius 3 is 1.85 bits per heavy atom. The van der Waals surface area contributed by atoms with Crippen molar-refractivity contribution < 1.29 is 343 Å². The monoisotopic (exact) mass is 1280 g/mol. The van der Waals surface area contributed by atoms with E-state index in [9.17, 15) is 62.4 Å². The van der Waals surface area contributed by atoms with Gasteiger partial charge in [-0.3, -0.25) is 10.1 Å². The van der Waals surface area contributed by atoms with Crippen LogP contribution in [0.25, 0.3) is 21.5 Å². The molecule has 2 aliphatic heterocycles. The van der Waals surface area contributed by atoms with Crippen molar-refractivity contribution in [3.05, 3.63) is 107 Å². The number of hydrogen-bond donors (Lipinski definition) is 0. The minimum Gasteiger partial charge on any atom is -0.748 e. The van der Waals surface area contributed by atoms with E-state index in [1.165, 1.54) is 12.1 Å². The van der Waals surface area contributed by atoms with Crippen LogP contribution < -0.4 is 272 Å². The Labute approximate surface area is 658 Å². The van der Waals surface area contributed by atoms with Crippen molar-refractivity contribution in [1.82, 2.24) is 0 Å². The molecule has 2 aliphatic rings. The summed E-state index contributed by atoms with van der Waals surface area (Å²) >= 11 is 0.840. The second kappa shape index (κ2) is 32.7. The number of fused-ring (bicyclic) bond motifs is 6. The van der Waals surface area contributed by atoms with Gasteiger partial charge in [0, 0.05) is 79.5 Å². The molecule has 0 aromatic heterocycles. The van der Waals surface area contributed by atoms with Gasteiger partial charge in [-0.2, -0.15) is 13.2 Å². The molecule has 380 valence electrons. The molecule has 4 aromatic rings. The van der Waals surface area contributed by atoms with Gasteiger partial charge in [0.1, 0.15) is 26.8 Å². The van der Waals surface area contributed by atoms with Crippen molar-refractivity contribution in [2.24, 2.45) is 0 Å². The third-order valence-corrected chi connectivity index (χ3v) is 16.3. The van der Waals surface area contributed by atoms with Gasteiger partial charge in [0.05, 0.1) is 59.5 Å². The molecular weight excluding hydrogens is 1230 g/mol. The summed E-state index contributed by atoms with van der Waals surface area (Å²) in [6, 6.07) is 11.6. The van der Waals surface area contributed by atoms with Gasteiger partial charge in [0.15, 0.2) is 5.71 Å². The Morgan fingerprint density at radius 1 is 0.680 bits per heavy atom. The van der Waals surface area contributed by atoms with Gasteiger partial charge in [-0.25, -0.2) is 33.7 Å². The Hall–Kier alpha value is 4.11. The SMILES string of the molecule is CC(/C=C/C=C1/N(CCCCS(=O)(=O)[O-])c2ccc3cc(S(=O)(=O)[O-])cc(SOO[O-])c3c2C1(C)C)=C\C=C\C1=[N+](CCCCS(=O)(=O)[O-])c2ccc3cc(SOO[O-])cc(S(=O)(=O)[O-])c3c2C1(C)C.[K+].[K+].[K+].[K+].[K+]. The summed E-state index contributed by atoms with van der Waals surface area (Å²) in [5.74, 6) is -1.17. The van der Waals surface area contributed by atoms with Crippen LogP contribution in [0.2, 0.25) is 0 Å². The molecule has 6 rings (SSSR count). The fourth-order valence-electron chi connectivity index (χ4n) is 9.06. The van der Waals surface area contributed by atoms with E-state index in [-0.39, 0.29) is 311 Å². The van der Waals surface area contributed by atoms with E-state index in [1.54, 1.807) is 54.6 Å². The number of unbranched alkanes of at least 4 members (excludes halogenated alkanes) is 2. The molecule has 0 amide bonds. The Kier molecular flexibility index (Phi) is 33.7. The number of rotatable bonds is 22. The van der Waals surface area contributed by atoms with E-state index in [2.05, 4.69) is 18.7 Å². The van der Waals surface area contributed by atoms with Gasteiger partial charge >= 0.3 is 257 Å². The smallest absolute Gasteiger partial charge is 0.748 e. The van der Waals surface area contributed by atoms with E-state index >= 15 is 0 Å². The molecule has 0 atom stereocenters. The second-order valence-corrected chi connectivity index (χ2v) is 24.7. The molecule has 2 heterocycles. The molecule has 0 N–H and O–H groups in total. The second-order valence-electron chi connectivity index (χ2n) is 17.4. The van der Waals surface area contributed by atoms with Gasteiger partial charge in [-0.1, -0.05) is 49.8 Å². The molecule has 20 nitrogen and oxygen atoms in total. The third kappa shape index (κ3) is 20.1. The summed E-state index contributed by atoms with van der Waals surface area (Å²) in [4.78, 5) is 1.01. The molecule has 4 aromatic carbocycles. The van der Waals surface area contributed by atoms with Gasteiger partial charge in [-0.15, -0.1) is 0 Å². The maximum Gasteiger partial charge on any atom is 1.00 e. The Bertz CT molecular complexity index is 3350. The van der Waals surface area contributed by atoms with E-state index in [4.69, 9.17) is 0 Å². The normalized spacial score (nSPS) is 15.9. The zero-order chi connectivity index (χ0) is 51.6. The van der Waals surface area contributed by atoms with Crippen molar-refractivity contribution in [2.45, 2.75) is 90.7 Å². The van der Waals surface area contributed by atoms with Crippen LogP contribution in [0.4, 0.5) is 11.4 Å². The van der Waals surface area contributed by atoms with E-state index < -0.39 is 72.6 Å². The van der Waals surface area contributed by atoms with Crippen molar-refractivity contribution in [1.29, 1.82) is 0 Å². The molecule has 0 saturated carbocycles. The molecule has 0 radical (unpaired) electrons. The first kappa shape index (κ1) is 77.1. The molecule has 0 bridgehead atoms. The zero-order valence-corrected chi connectivity index (χ0v) is 63.4. The summed E-state index contributed by atoms with van der Waals surface area (Å²) in [5.41, 5.74) is 2.57. The van der Waals surface area contributed by atoms with Crippen LogP contribution in [0.3, 0.4) is 0 Å². The predicted octanol–water partition coefficient (Wildman–Crippen LogP) is -9.95. The first-order valence-electron chi connectivity index (χ1n) is 21.0. The summed E-state index contributed by atoms with van der Waals surface area (Å²) in [5, 5.41) is 29.7. The van der Waals surface area contributed by atoms with Gasteiger partial charge in [0.25, 0.3) is 0 Å². The maximum absolute atomic E-state index is 12.8. The summed E-state index contributed by atoms with van der Waals surface area (Å²) in [6.45, 7) is 9.76. The fourth-order valence-corrected chi connectivity index (χ4v) is 12.6. The predicted molar refractivity (Wildman–Crippen MR) is 251 cm³/mol. The first-order chi connectivity index (χ1) is 32.6. The average Bonchev–Trinajstić information content (AvgIpc) is 3.61. The minimum atomic E-state index is -5.12. The van der Waals surface area contributed by atoms with Crippen molar-refractivity contribution in [3.63, 3.8) is 0 Å². The number of benzene rings is 4. The number of allylic oxidation sites excluding steroid dienone is 8. The quantitative estimate of drug-likeness (QED) is 0.0103.